The molecular weight excluding hydrogens is 427 g/mol. The minimum Gasteiger partial charge on any atom is -0.452 e. The van der Waals surface area contributed by atoms with Crippen molar-refractivity contribution < 1.29 is 23.5 Å². The van der Waals surface area contributed by atoms with Crippen molar-refractivity contribution in [2.75, 3.05) is 0 Å². The third-order valence-electron chi connectivity index (χ3n) is 4.11. The van der Waals surface area contributed by atoms with Crippen molar-refractivity contribution >= 4 is 33.8 Å². The molecule has 0 aliphatic carbocycles. The highest BCUT2D eigenvalue weighted by Gasteiger charge is 2.28. The number of halogens is 2. The average Bonchev–Trinajstić information content (AvgIpc) is 2.99. The van der Waals surface area contributed by atoms with Gasteiger partial charge >= 0.3 is 5.97 Å². The zero-order valence-electron chi connectivity index (χ0n) is 14.3. The van der Waals surface area contributed by atoms with Crippen molar-refractivity contribution in [1.82, 2.24) is 0 Å². The lowest BCUT2D eigenvalue weighted by Crippen LogP contribution is -2.10. The molecule has 0 atom stereocenters. The lowest BCUT2D eigenvalue weighted by Gasteiger charge is -2.06. The fourth-order valence-electron chi connectivity index (χ4n) is 2.73. The Morgan fingerprint density at radius 2 is 1.79 bits per heavy atom. The predicted octanol–water partition coefficient (Wildman–Crippen LogP) is 5.42. The van der Waals surface area contributed by atoms with E-state index in [-0.39, 0.29) is 28.6 Å². The molecule has 3 aromatic carbocycles. The van der Waals surface area contributed by atoms with E-state index in [1.807, 2.05) is 24.3 Å². The largest absolute Gasteiger partial charge is 0.452 e. The zero-order valence-corrected chi connectivity index (χ0v) is 15.9. The molecule has 138 valence electrons. The van der Waals surface area contributed by atoms with E-state index in [9.17, 15) is 14.0 Å². The molecule has 0 spiro atoms. The number of rotatable bonds is 3. The summed E-state index contributed by atoms with van der Waals surface area (Å²) in [6, 6.07) is 17.4. The second-order valence-corrected chi connectivity index (χ2v) is 6.93. The molecule has 0 bridgehead atoms. The topological polar surface area (TPSA) is 52.6 Å². The second kappa shape index (κ2) is 7.40. The van der Waals surface area contributed by atoms with Crippen LogP contribution in [0.15, 0.2) is 77.0 Å². The SMILES string of the molecule is O=C(Oc1ccc2c(c1)O/C(=C\c1ccc(Br)cc1)C2=O)c1ccccc1F. The Morgan fingerprint density at radius 1 is 1.04 bits per heavy atom. The van der Waals surface area contributed by atoms with Crippen LogP contribution in [-0.4, -0.2) is 11.8 Å². The van der Waals surface area contributed by atoms with Crippen LogP contribution in [0.4, 0.5) is 4.39 Å². The number of carbonyl (C=O) groups is 2. The Morgan fingerprint density at radius 3 is 2.54 bits per heavy atom. The van der Waals surface area contributed by atoms with Gasteiger partial charge in [0.2, 0.25) is 5.78 Å². The minimum atomic E-state index is -0.826. The molecule has 1 heterocycles. The second-order valence-electron chi connectivity index (χ2n) is 6.02. The van der Waals surface area contributed by atoms with E-state index >= 15 is 0 Å². The lowest BCUT2D eigenvalue weighted by molar-refractivity contribution is 0.0729. The van der Waals surface area contributed by atoms with Crippen molar-refractivity contribution in [3.8, 4) is 11.5 Å². The summed E-state index contributed by atoms with van der Waals surface area (Å²) in [4.78, 5) is 24.7. The van der Waals surface area contributed by atoms with Gasteiger partial charge in [0, 0.05) is 10.5 Å². The van der Waals surface area contributed by atoms with E-state index in [1.54, 1.807) is 12.1 Å². The molecule has 1 aliphatic heterocycles. The average molecular weight is 439 g/mol. The maximum Gasteiger partial charge on any atom is 0.346 e. The van der Waals surface area contributed by atoms with Gasteiger partial charge in [-0.3, -0.25) is 4.79 Å². The number of carbonyl (C=O) groups excluding carboxylic acids is 2. The Balaban J connectivity index is 1.56. The maximum absolute atomic E-state index is 13.7. The number of hydrogen-bond donors (Lipinski definition) is 0. The van der Waals surface area contributed by atoms with Gasteiger partial charge in [0.25, 0.3) is 0 Å². The number of ketones is 1. The van der Waals surface area contributed by atoms with Crippen LogP contribution in [0.3, 0.4) is 0 Å². The van der Waals surface area contributed by atoms with Crippen LogP contribution in [0, 0.1) is 5.82 Å². The molecule has 0 unspecified atom stereocenters. The van der Waals surface area contributed by atoms with Crippen LogP contribution in [0.25, 0.3) is 6.08 Å². The highest BCUT2D eigenvalue weighted by molar-refractivity contribution is 9.10. The van der Waals surface area contributed by atoms with Gasteiger partial charge in [0.1, 0.15) is 17.3 Å². The third kappa shape index (κ3) is 3.59. The number of fused-ring (bicyclic) bond motifs is 1. The summed E-state index contributed by atoms with van der Waals surface area (Å²) in [6.45, 7) is 0. The number of ether oxygens (including phenoxy) is 2. The lowest BCUT2D eigenvalue weighted by atomic mass is 10.1. The van der Waals surface area contributed by atoms with Crippen LogP contribution in [0.5, 0.6) is 11.5 Å². The van der Waals surface area contributed by atoms with Crippen LogP contribution in [-0.2, 0) is 0 Å². The molecular formula is C22H12BrFO4. The maximum atomic E-state index is 13.7. The smallest absolute Gasteiger partial charge is 0.346 e. The first-order chi connectivity index (χ1) is 13.5. The molecule has 0 aromatic heterocycles. The summed E-state index contributed by atoms with van der Waals surface area (Å²) >= 11 is 3.36. The monoisotopic (exact) mass is 438 g/mol. The van der Waals surface area contributed by atoms with Crippen molar-refractivity contribution in [1.29, 1.82) is 0 Å². The number of esters is 1. The first-order valence-corrected chi connectivity index (χ1v) is 9.11. The van der Waals surface area contributed by atoms with E-state index < -0.39 is 11.8 Å². The molecule has 28 heavy (non-hydrogen) atoms. The molecule has 6 heteroatoms. The molecule has 0 N–H and O–H groups in total. The molecule has 1 aliphatic rings. The summed E-state index contributed by atoms with van der Waals surface area (Å²) in [6.07, 6.45) is 1.64. The van der Waals surface area contributed by atoms with E-state index in [4.69, 9.17) is 9.47 Å². The van der Waals surface area contributed by atoms with E-state index in [0.717, 1.165) is 10.0 Å². The van der Waals surface area contributed by atoms with Crippen molar-refractivity contribution in [2.45, 2.75) is 0 Å². The van der Waals surface area contributed by atoms with Gasteiger partial charge in [-0.05, 0) is 48.0 Å². The molecule has 0 radical (unpaired) electrons. The van der Waals surface area contributed by atoms with Gasteiger partial charge in [-0.1, -0.05) is 40.2 Å². The zero-order chi connectivity index (χ0) is 19.7. The van der Waals surface area contributed by atoms with Gasteiger partial charge in [0.05, 0.1) is 11.1 Å². The van der Waals surface area contributed by atoms with E-state index in [0.29, 0.717) is 5.56 Å². The Bertz CT molecular complexity index is 1120. The minimum absolute atomic E-state index is 0.157. The van der Waals surface area contributed by atoms with Crippen molar-refractivity contribution in [3.05, 3.63) is 99.5 Å². The molecule has 0 amide bonds. The van der Waals surface area contributed by atoms with E-state index in [1.165, 1.54) is 36.4 Å². The predicted molar refractivity (Wildman–Crippen MR) is 105 cm³/mol. The fourth-order valence-corrected chi connectivity index (χ4v) is 2.99. The Labute approximate surface area is 168 Å². The van der Waals surface area contributed by atoms with Gasteiger partial charge in [0.15, 0.2) is 5.76 Å². The standard InChI is InChI=1S/C22H12BrFO4/c23-14-7-5-13(6-8-14)11-20-21(25)17-10-9-15(12-19(17)28-20)27-22(26)16-3-1-2-4-18(16)24/h1-12H/b20-11-. The first kappa shape index (κ1) is 18.1. The Kier molecular flexibility index (Phi) is 4.79. The summed E-state index contributed by atoms with van der Waals surface area (Å²) in [5.74, 6) is -1.13. The van der Waals surface area contributed by atoms with Crippen molar-refractivity contribution in [3.63, 3.8) is 0 Å². The molecule has 4 nitrogen and oxygen atoms in total. The van der Waals surface area contributed by atoms with Gasteiger partial charge in [-0.2, -0.15) is 0 Å². The van der Waals surface area contributed by atoms with Crippen LogP contribution < -0.4 is 9.47 Å². The fraction of sp³-hybridized carbons (Fsp3) is 0. The molecule has 0 fully saturated rings. The van der Waals surface area contributed by atoms with Crippen LogP contribution in [0.2, 0.25) is 0 Å². The molecule has 0 saturated carbocycles. The number of allylic oxidation sites excluding steroid dienone is 1. The quantitative estimate of drug-likeness (QED) is 0.311. The van der Waals surface area contributed by atoms with Crippen LogP contribution in [0.1, 0.15) is 26.3 Å². The highest BCUT2D eigenvalue weighted by atomic mass is 79.9. The molecule has 0 saturated heterocycles. The number of hydrogen-bond acceptors (Lipinski definition) is 4. The van der Waals surface area contributed by atoms with Gasteiger partial charge in [-0.15, -0.1) is 0 Å². The summed E-state index contributed by atoms with van der Waals surface area (Å²) in [7, 11) is 0. The summed E-state index contributed by atoms with van der Waals surface area (Å²) in [5, 5.41) is 0. The van der Waals surface area contributed by atoms with Gasteiger partial charge in [-0.25, -0.2) is 9.18 Å². The number of benzene rings is 3. The molecule has 3 aromatic rings. The first-order valence-electron chi connectivity index (χ1n) is 8.32. The summed E-state index contributed by atoms with van der Waals surface area (Å²) < 4.78 is 25.5. The Hall–Kier alpha value is -3.25. The normalized spacial score (nSPS) is 13.9. The van der Waals surface area contributed by atoms with E-state index in [2.05, 4.69) is 15.9 Å². The van der Waals surface area contributed by atoms with Crippen LogP contribution >= 0.6 is 15.9 Å². The highest BCUT2D eigenvalue weighted by Crippen LogP contribution is 2.35. The summed E-state index contributed by atoms with van der Waals surface area (Å²) in [5.41, 5.74) is 1.01. The number of Topliss-reactive ketones (excluding diaryl/α,β-unsaturated/α-hetero) is 1. The molecule has 4 rings (SSSR count). The third-order valence-corrected chi connectivity index (χ3v) is 4.64. The van der Waals surface area contributed by atoms with Gasteiger partial charge < -0.3 is 9.47 Å². The van der Waals surface area contributed by atoms with Crippen molar-refractivity contribution in [2.24, 2.45) is 0 Å².